The van der Waals surface area contributed by atoms with Crippen molar-refractivity contribution >= 4 is 5.91 Å². The highest BCUT2D eigenvalue weighted by Crippen LogP contribution is 2.07. The number of carbonyl (C=O) groups excluding carboxylic acids is 1. The molecular formula is C12H17NO2. The Bertz CT molecular complexity index is 339. The van der Waals surface area contributed by atoms with Gasteiger partial charge in [-0.05, 0) is 25.5 Å². The molecule has 1 amide bonds. The topological polar surface area (TPSA) is 33.5 Å². The maximum absolute atomic E-state index is 11.8. The molecule has 0 unspecified atom stereocenters. The van der Waals surface area contributed by atoms with Gasteiger partial charge in [-0.2, -0.15) is 0 Å². The molecule has 1 aromatic heterocycles. The fraction of sp³-hybridized carbons (Fsp3) is 0.417. The summed E-state index contributed by atoms with van der Waals surface area (Å²) in [5, 5.41) is 0. The Balaban J connectivity index is 2.57. The van der Waals surface area contributed by atoms with Gasteiger partial charge in [-0.15, -0.1) is 0 Å². The first kappa shape index (κ1) is 11.6. The van der Waals surface area contributed by atoms with Crippen LogP contribution in [0.1, 0.15) is 26.0 Å². The summed E-state index contributed by atoms with van der Waals surface area (Å²) in [6.07, 6.45) is 4.43. The highest BCUT2D eigenvalue weighted by Gasteiger charge is 2.11. The van der Waals surface area contributed by atoms with E-state index in [0.29, 0.717) is 6.54 Å². The van der Waals surface area contributed by atoms with Crippen molar-refractivity contribution in [3.8, 4) is 0 Å². The molecule has 0 aromatic carbocycles. The highest BCUT2D eigenvalue weighted by molar-refractivity contribution is 5.92. The number of furan rings is 1. The molecule has 15 heavy (non-hydrogen) atoms. The summed E-state index contributed by atoms with van der Waals surface area (Å²) in [4.78, 5) is 13.4. The van der Waals surface area contributed by atoms with Crippen molar-refractivity contribution in [2.45, 2.75) is 26.8 Å². The van der Waals surface area contributed by atoms with Gasteiger partial charge in [-0.3, -0.25) is 4.79 Å². The van der Waals surface area contributed by atoms with Gasteiger partial charge in [0, 0.05) is 12.6 Å². The third-order valence-corrected chi connectivity index (χ3v) is 2.17. The number of allylic oxidation sites excluding steroid dienone is 1. The van der Waals surface area contributed by atoms with E-state index in [9.17, 15) is 4.79 Å². The first-order valence-corrected chi connectivity index (χ1v) is 5.09. The predicted molar refractivity (Wildman–Crippen MR) is 59.2 cm³/mol. The highest BCUT2D eigenvalue weighted by atomic mass is 16.3. The second kappa shape index (κ2) is 5.39. The van der Waals surface area contributed by atoms with Crippen LogP contribution in [0, 0.1) is 0 Å². The standard InChI is InChI=1S/C12H17NO2/c1-4-6-10(2)12(14)13(3)9-11-7-5-8-15-11/h5-8H,4,9H2,1-3H3/b10-6-. The van der Waals surface area contributed by atoms with E-state index in [1.807, 2.05) is 32.1 Å². The molecule has 0 radical (unpaired) electrons. The molecule has 0 N–H and O–H groups in total. The van der Waals surface area contributed by atoms with Crippen LogP contribution in [0.25, 0.3) is 0 Å². The Labute approximate surface area is 90.4 Å². The van der Waals surface area contributed by atoms with E-state index in [-0.39, 0.29) is 5.91 Å². The molecule has 0 aliphatic carbocycles. The van der Waals surface area contributed by atoms with Crippen molar-refractivity contribution in [3.63, 3.8) is 0 Å². The number of hydrogen-bond acceptors (Lipinski definition) is 2. The smallest absolute Gasteiger partial charge is 0.249 e. The van der Waals surface area contributed by atoms with Gasteiger partial charge in [0.1, 0.15) is 5.76 Å². The van der Waals surface area contributed by atoms with Crippen molar-refractivity contribution in [1.82, 2.24) is 4.90 Å². The third kappa shape index (κ3) is 3.27. The Kier molecular flexibility index (Phi) is 4.16. The van der Waals surface area contributed by atoms with Crippen LogP contribution in [-0.2, 0) is 11.3 Å². The average Bonchev–Trinajstić information content (AvgIpc) is 2.69. The number of nitrogens with zero attached hydrogens (tertiary/aromatic N) is 1. The number of hydrogen-bond donors (Lipinski definition) is 0. The number of carbonyl (C=O) groups is 1. The van der Waals surface area contributed by atoms with Crippen LogP contribution < -0.4 is 0 Å². The van der Waals surface area contributed by atoms with Crippen LogP contribution in [0.3, 0.4) is 0 Å². The van der Waals surface area contributed by atoms with Gasteiger partial charge in [0.05, 0.1) is 12.8 Å². The van der Waals surface area contributed by atoms with Gasteiger partial charge in [0.15, 0.2) is 0 Å². The molecule has 3 heteroatoms. The monoisotopic (exact) mass is 207 g/mol. The van der Waals surface area contributed by atoms with Gasteiger partial charge in [0.2, 0.25) is 5.91 Å². The van der Waals surface area contributed by atoms with E-state index in [4.69, 9.17) is 4.42 Å². The van der Waals surface area contributed by atoms with Gasteiger partial charge in [0.25, 0.3) is 0 Å². The molecule has 0 saturated carbocycles. The molecule has 0 bridgehead atoms. The van der Waals surface area contributed by atoms with Crippen LogP contribution in [0.15, 0.2) is 34.5 Å². The van der Waals surface area contributed by atoms with Crippen LogP contribution in [0.5, 0.6) is 0 Å². The normalized spacial score (nSPS) is 11.5. The minimum atomic E-state index is 0.0493. The summed E-state index contributed by atoms with van der Waals surface area (Å²) in [5.74, 6) is 0.850. The minimum Gasteiger partial charge on any atom is -0.467 e. The summed E-state index contributed by atoms with van der Waals surface area (Å²) in [6, 6.07) is 3.69. The molecule has 0 spiro atoms. The van der Waals surface area contributed by atoms with Crippen molar-refractivity contribution < 1.29 is 9.21 Å². The average molecular weight is 207 g/mol. The molecule has 1 heterocycles. The number of amides is 1. The van der Waals surface area contributed by atoms with Crippen LogP contribution in [0.4, 0.5) is 0 Å². The molecule has 0 fully saturated rings. The zero-order valence-corrected chi connectivity index (χ0v) is 9.49. The number of rotatable bonds is 4. The first-order chi connectivity index (χ1) is 7.15. The van der Waals surface area contributed by atoms with Crippen molar-refractivity contribution in [1.29, 1.82) is 0 Å². The fourth-order valence-electron chi connectivity index (χ4n) is 1.40. The van der Waals surface area contributed by atoms with E-state index < -0.39 is 0 Å². The lowest BCUT2D eigenvalue weighted by molar-refractivity contribution is -0.126. The summed E-state index contributed by atoms with van der Waals surface area (Å²) in [6.45, 7) is 4.37. The van der Waals surface area contributed by atoms with Gasteiger partial charge in [-0.1, -0.05) is 13.0 Å². The minimum absolute atomic E-state index is 0.0493. The van der Waals surface area contributed by atoms with E-state index in [0.717, 1.165) is 17.8 Å². The fourth-order valence-corrected chi connectivity index (χ4v) is 1.40. The zero-order valence-electron chi connectivity index (χ0n) is 9.49. The maximum Gasteiger partial charge on any atom is 0.249 e. The summed E-state index contributed by atoms with van der Waals surface area (Å²) >= 11 is 0. The van der Waals surface area contributed by atoms with E-state index in [1.54, 1.807) is 18.2 Å². The van der Waals surface area contributed by atoms with Crippen molar-refractivity contribution in [2.75, 3.05) is 7.05 Å². The van der Waals surface area contributed by atoms with Crippen LogP contribution in [0.2, 0.25) is 0 Å². The van der Waals surface area contributed by atoms with E-state index in [1.165, 1.54) is 0 Å². The Morgan fingerprint density at radius 1 is 1.60 bits per heavy atom. The number of likely N-dealkylation sites (N-methyl/N-ethyl adjacent to an activating group) is 1. The third-order valence-electron chi connectivity index (χ3n) is 2.17. The second-order valence-electron chi connectivity index (χ2n) is 3.54. The maximum atomic E-state index is 11.8. The van der Waals surface area contributed by atoms with Crippen LogP contribution >= 0.6 is 0 Å². The lowest BCUT2D eigenvalue weighted by Crippen LogP contribution is -2.26. The Hall–Kier alpha value is -1.51. The summed E-state index contributed by atoms with van der Waals surface area (Å²) in [5.41, 5.74) is 0.784. The quantitative estimate of drug-likeness (QED) is 0.711. The van der Waals surface area contributed by atoms with E-state index >= 15 is 0 Å². The molecule has 1 rings (SSSR count). The second-order valence-corrected chi connectivity index (χ2v) is 3.54. The lowest BCUT2D eigenvalue weighted by atomic mass is 10.2. The molecule has 82 valence electrons. The molecule has 0 aliphatic heterocycles. The van der Waals surface area contributed by atoms with Crippen LogP contribution in [-0.4, -0.2) is 17.9 Å². The predicted octanol–water partition coefficient (Wildman–Crippen LogP) is 2.59. The summed E-state index contributed by atoms with van der Waals surface area (Å²) in [7, 11) is 1.78. The zero-order chi connectivity index (χ0) is 11.3. The lowest BCUT2D eigenvalue weighted by Gasteiger charge is -2.15. The Morgan fingerprint density at radius 3 is 2.87 bits per heavy atom. The molecule has 0 aliphatic rings. The largest absolute Gasteiger partial charge is 0.467 e. The van der Waals surface area contributed by atoms with Crippen molar-refractivity contribution in [2.24, 2.45) is 0 Å². The van der Waals surface area contributed by atoms with Gasteiger partial charge >= 0.3 is 0 Å². The molecular weight excluding hydrogens is 190 g/mol. The van der Waals surface area contributed by atoms with Gasteiger partial charge < -0.3 is 9.32 Å². The summed E-state index contributed by atoms with van der Waals surface area (Å²) < 4.78 is 5.18. The van der Waals surface area contributed by atoms with Crippen molar-refractivity contribution in [3.05, 3.63) is 35.8 Å². The molecule has 0 saturated heterocycles. The Morgan fingerprint density at radius 2 is 2.33 bits per heavy atom. The first-order valence-electron chi connectivity index (χ1n) is 5.09. The molecule has 3 nitrogen and oxygen atoms in total. The molecule has 1 aromatic rings. The van der Waals surface area contributed by atoms with E-state index in [2.05, 4.69) is 0 Å². The SMILES string of the molecule is CC/C=C(/C)C(=O)N(C)Cc1ccco1. The van der Waals surface area contributed by atoms with Gasteiger partial charge in [-0.25, -0.2) is 0 Å². The molecule has 0 atom stereocenters.